The van der Waals surface area contributed by atoms with Gasteiger partial charge in [-0.15, -0.1) is 5.10 Å². The maximum absolute atomic E-state index is 12.4. The van der Waals surface area contributed by atoms with Crippen LogP contribution in [0.1, 0.15) is 16.2 Å². The molecular weight excluding hydrogens is 313 g/mol. The molecule has 0 spiro atoms. The molecule has 0 radical (unpaired) electrons. The third kappa shape index (κ3) is 3.20. The van der Waals surface area contributed by atoms with E-state index in [1.54, 1.807) is 40.4 Å². The van der Waals surface area contributed by atoms with Gasteiger partial charge in [0.15, 0.2) is 0 Å². The molecule has 0 bridgehead atoms. The van der Waals surface area contributed by atoms with E-state index in [9.17, 15) is 18.0 Å². The SMILES string of the molecule is O=C(Nc1n[nH]c(C(F)(F)F)n1)c1ccc(-n2cccn2)cc1. The fourth-order valence-corrected chi connectivity index (χ4v) is 1.81. The number of benzene rings is 1. The molecule has 0 aliphatic carbocycles. The number of anilines is 1. The van der Waals surface area contributed by atoms with Crippen molar-refractivity contribution in [1.82, 2.24) is 25.0 Å². The van der Waals surface area contributed by atoms with Crippen molar-refractivity contribution in [3.8, 4) is 5.69 Å². The summed E-state index contributed by atoms with van der Waals surface area (Å²) < 4.78 is 38.8. The molecule has 2 N–H and O–H groups in total. The molecule has 2 aromatic heterocycles. The van der Waals surface area contributed by atoms with E-state index in [0.29, 0.717) is 0 Å². The molecule has 0 atom stereocenters. The number of carbonyl (C=O) groups is 1. The molecule has 1 aromatic carbocycles. The Balaban J connectivity index is 1.72. The molecule has 3 rings (SSSR count). The van der Waals surface area contributed by atoms with Crippen molar-refractivity contribution >= 4 is 11.9 Å². The molecule has 0 aliphatic heterocycles. The maximum Gasteiger partial charge on any atom is 0.451 e. The predicted molar refractivity (Wildman–Crippen MR) is 72.9 cm³/mol. The van der Waals surface area contributed by atoms with Crippen molar-refractivity contribution in [2.24, 2.45) is 0 Å². The van der Waals surface area contributed by atoms with E-state index < -0.39 is 23.9 Å². The summed E-state index contributed by atoms with van der Waals surface area (Å²) in [7, 11) is 0. The van der Waals surface area contributed by atoms with Gasteiger partial charge in [0.2, 0.25) is 11.8 Å². The first-order chi connectivity index (χ1) is 10.9. The van der Waals surface area contributed by atoms with Crippen LogP contribution < -0.4 is 5.32 Å². The summed E-state index contributed by atoms with van der Waals surface area (Å²) in [6, 6.07) is 8.09. The van der Waals surface area contributed by atoms with E-state index in [1.807, 2.05) is 0 Å². The van der Waals surface area contributed by atoms with E-state index in [1.165, 1.54) is 12.1 Å². The lowest BCUT2D eigenvalue weighted by molar-refractivity contribution is -0.144. The fraction of sp³-hybridized carbons (Fsp3) is 0.0769. The summed E-state index contributed by atoms with van der Waals surface area (Å²) in [5, 5.41) is 11.3. The number of hydrogen-bond acceptors (Lipinski definition) is 4. The smallest absolute Gasteiger partial charge is 0.289 e. The van der Waals surface area contributed by atoms with Crippen molar-refractivity contribution in [3.63, 3.8) is 0 Å². The molecule has 23 heavy (non-hydrogen) atoms. The van der Waals surface area contributed by atoms with Gasteiger partial charge < -0.3 is 0 Å². The summed E-state index contributed by atoms with van der Waals surface area (Å²) in [4.78, 5) is 15.1. The van der Waals surface area contributed by atoms with Crippen LogP contribution in [0.3, 0.4) is 0 Å². The second kappa shape index (κ2) is 5.55. The molecule has 0 fully saturated rings. The van der Waals surface area contributed by atoms with Gasteiger partial charge in [-0.1, -0.05) is 0 Å². The van der Waals surface area contributed by atoms with Crippen molar-refractivity contribution in [2.75, 3.05) is 5.32 Å². The first kappa shape index (κ1) is 14.8. The van der Waals surface area contributed by atoms with Crippen LogP contribution in [0.4, 0.5) is 19.1 Å². The van der Waals surface area contributed by atoms with Gasteiger partial charge >= 0.3 is 6.18 Å². The van der Waals surface area contributed by atoms with Crippen LogP contribution in [0.5, 0.6) is 0 Å². The summed E-state index contributed by atoms with van der Waals surface area (Å²) in [6.45, 7) is 0. The fourth-order valence-electron chi connectivity index (χ4n) is 1.81. The Hall–Kier alpha value is -3.17. The normalized spacial score (nSPS) is 11.4. The summed E-state index contributed by atoms with van der Waals surface area (Å²) in [6.07, 6.45) is -1.30. The van der Waals surface area contributed by atoms with Crippen LogP contribution in [-0.4, -0.2) is 30.9 Å². The minimum absolute atomic E-state index is 0.249. The Bertz CT molecular complexity index is 807. The first-order valence-electron chi connectivity index (χ1n) is 6.34. The lowest BCUT2D eigenvalue weighted by Gasteiger charge is -2.04. The monoisotopic (exact) mass is 322 g/mol. The lowest BCUT2D eigenvalue weighted by Crippen LogP contribution is -2.13. The Morgan fingerprint density at radius 2 is 1.96 bits per heavy atom. The molecule has 0 aliphatic rings. The standard InChI is InChI=1S/C13H9F3N6O/c14-13(15,16)11-19-12(21-20-11)18-10(23)8-2-4-9(5-3-8)22-7-1-6-17-22/h1-7H,(H2,18,19,20,21,23). The Morgan fingerprint density at radius 3 is 2.52 bits per heavy atom. The van der Waals surface area contributed by atoms with Crippen LogP contribution in [0.25, 0.3) is 5.69 Å². The van der Waals surface area contributed by atoms with E-state index in [4.69, 9.17) is 0 Å². The van der Waals surface area contributed by atoms with Gasteiger partial charge in [0.25, 0.3) is 5.91 Å². The highest BCUT2D eigenvalue weighted by Crippen LogP contribution is 2.26. The largest absolute Gasteiger partial charge is 0.451 e. The maximum atomic E-state index is 12.4. The summed E-state index contributed by atoms with van der Waals surface area (Å²) in [5.41, 5.74) is 0.989. The summed E-state index contributed by atoms with van der Waals surface area (Å²) in [5.74, 6) is -2.34. The number of carbonyl (C=O) groups excluding carboxylic acids is 1. The molecule has 10 heteroatoms. The zero-order valence-electron chi connectivity index (χ0n) is 11.4. The first-order valence-corrected chi connectivity index (χ1v) is 6.34. The van der Waals surface area contributed by atoms with Crippen LogP contribution in [0.15, 0.2) is 42.7 Å². The van der Waals surface area contributed by atoms with Crippen LogP contribution in [0.2, 0.25) is 0 Å². The second-order valence-corrected chi connectivity index (χ2v) is 4.46. The third-order valence-electron chi connectivity index (χ3n) is 2.88. The average molecular weight is 322 g/mol. The summed E-state index contributed by atoms with van der Waals surface area (Å²) >= 11 is 0. The van der Waals surface area contributed by atoms with Gasteiger partial charge in [-0.3, -0.25) is 15.2 Å². The highest BCUT2D eigenvalue weighted by Gasteiger charge is 2.35. The quantitative estimate of drug-likeness (QED) is 0.774. The Labute approximate surface area is 127 Å². The molecule has 7 nitrogen and oxygen atoms in total. The molecule has 118 valence electrons. The molecular formula is C13H9F3N6O. The molecule has 0 saturated carbocycles. The second-order valence-electron chi connectivity index (χ2n) is 4.46. The van der Waals surface area contributed by atoms with Crippen molar-refractivity contribution in [1.29, 1.82) is 0 Å². The predicted octanol–water partition coefficient (Wildman–Crippen LogP) is 2.26. The number of alkyl halides is 3. The van der Waals surface area contributed by atoms with Gasteiger partial charge in [-0.05, 0) is 30.3 Å². The number of halogens is 3. The van der Waals surface area contributed by atoms with Gasteiger partial charge in [-0.2, -0.15) is 23.3 Å². The van der Waals surface area contributed by atoms with E-state index in [0.717, 1.165) is 5.69 Å². The molecule has 1 amide bonds. The van der Waals surface area contributed by atoms with E-state index in [-0.39, 0.29) is 5.56 Å². The average Bonchev–Trinajstić information content (AvgIpc) is 3.18. The number of aromatic nitrogens is 5. The van der Waals surface area contributed by atoms with E-state index >= 15 is 0 Å². The minimum Gasteiger partial charge on any atom is -0.289 e. The molecule has 0 saturated heterocycles. The number of nitrogens with one attached hydrogen (secondary N) is 2. The third-order valence-corrected chi connectivity index (χ3v) is 2.88. The number of rotatable bonds is 3. The molecule has 3 aromatic rings. The highest BCUT2D eigenvalue weighted by atomic mass is 19.4. The molecule has 0 unspecified atom stereocenters. The van der Waals surface area contributed by atoms with Crippen LogP contribution in [-0.2, 0) is 6.18 Å². The zero-order chi connectivity index (χ0) is 16.4. The Morgan fingerprint density at radius 1 is 1.22 bits per heavy atom. The van der Waals surface area contributed by atoms with Gasteiger partial charge in [0.1, 0.15) is 0 Å². The topological polar surface area (TPSA) is 88.5 Å². The number of nitrogens with zero attached hydrogens (tertiary/aromatic N) is 4. The van der Waals surface area contributed by atoms with Crippen LogP contribution in [0, 0.1) is 0 Å². The van der Waals surface area contributed by atoms with Crippen molar-refractivity contribution < 1.29 is 18.0 Å². The highest BCUT2D eigenvalue weighted by molar-refractivity contribution is 6.03. The number of aromatic amines is 1. The zero-order valence-corrected chi connectivity index (χ0v) is 11.4. The van der Waals surface area contributed by atoms with Gasteiger partial charge in [0, 0.05) is 18.0 Å². The van der Waals surface area contributed by atoms with Gasteiger partial charge in [0.05, 0.1) is 5.69 Å². The molecule has 2 heterocycles. The number of hydrogen-bond donors (Lipinski definition) is 2. The number of H-pyrrole nitrogens is 1. The van der Waals surface area contributed by atoms with E-state index in [2.05, 4.69) is 20.5 Å². The Kier molecular flexibility index (Phi) is 3.56. The van der Waals surface area contributed by atoms with Crippen LogP contribution >= 0.6 is 0 Å². The van der Waals surface area contributed by atoms with Crippen molar-refractivity contribution in [2.45, 2.75) is 6.18 Å². The lowest BCUT2D eigenvalue weighted by atomic mass is 10.2. The van der Waals surface area contributed by atoms with Gasteiger partial charge in [-0.25, -0.2) is 4.68 Å². The number of amides is 1. The minimum atomic E-state index is -4.65. The van der Waals surface area contributed by atoms with Crippen molar-refractivity contribution in [3.05, 3.63) is 54.1 Å².